The molecule has 1 aliphatic rings. The van der Waals surface area contributed by atoms with Gasteiger partial charge in [0.05, 0.1) is 6.54 Å². The van der Waals surface area contributed by atoms with Crippen LogP contribution in [-0.2, 0) is 4.79 Å². The fourth-order valence-corrected chi connectivity index (χ4v) is 2.62. The van der Waals surface area contributed by atoms with E-state index in [-0.39, 0.29) is 25.2 Å². The van der Waals surface area contributed by atoms with Gasteiger partial charge in [0.25, 0.3) is 5.91 Å². The molecule has 0 atom stereocenters. The Morgan fingerprint density at radius 1 is 1.04 bits per heavy atom. The molecule has 0 fully saturated rings. The number of carbonyl (C=O) groups excluding carboxylic acids is 2. The summed E-state index contributed by atoms with van der Waals surface area (Å²) in [6.07, 6.45) is 5.81. The van der Waals surface area contributed by atoms with Crippen LogP contribution in [0.15, 0.2) is 18.2 Å². The lowest BCUT2D eigenvalue weighted by Crippen LogP contribution is -2.37. The Hall–Kier alpha value is -2.24. The fourth-order valence-electron chi connectivity index (χ4n) is 2.62. The molecule has 1 aliphatic heterocycles. The van der Waals surface area contributed by atoms with Crippen LogP contribution in [0.3, 0.4) is 0 Å². The standard InChI is InChI=1S/C19H28N2O4/c1-14(2)7-5-3-4-6-10-20-18(22)12-21-19(23)15-8-9-16-17(11-15)25-13-24-16/h8-9,11,14H,3-7,10,12-13H2,1-2H3,(H,20,22)(H,21,23). The van der Waals surface area contributed by atoms with Crippen LogP contribution in [0.2, 0.25) is 0 Å². The maximum atomic E-state index is 12.1. The minimum Gasteiger partial charge on any atom is -0.454 e. The van der Waals surface area contributed by atoms with Crippen molar-refractivity contribution in [1.29, 1.82) is 0 Å². The van der Waals surface area contributed by atoms with Gasteiger partial charge in [-0.3, -0.25) is 9.59 Å². The quantitative estimate of drug-likeness (QED) is 0.638. The Labute approximate surface area is 149 Å². The number of carbonyl (C=O) groups is 2. The van der Waals surface area contributed by atoms with Crippen molar-refractivity contribution in [2.45, 2.75) is 46.0 Å². The van der Waals surface area contributed by atoms with Crippen LogP contribution < -0.4 is 20.1 Å². The molecule has 0 aromatic heterocycles. The van der Waals surface area contributed by atoms with Crippen LogP contribution in [-0.4, -0.2) is 31.7 Å². The van der Waals surface area contributed by atoms with Crippen molar-refractivity contribution in [2.24, 2.45) is 5.92 Å². The SMILES string of the molecule is CC(C)CCCCCCNC(=O)CNC(=O)c1ccc2c(c1)OCO2. The Morgan fingerprint density at radius 3 is 2.60 bits per heavy atom. The van der Waals surface area contributed by atoms with Crippen LogP contribution in [0, 0.1) is 5.92 Å². The molecule has 1 aromatic carbocycles. The Kier molecular flexibility index (Phi) is 7.57. The molecule has 0 radical (unpaired) electrons. The Morgan fingerprint density at radius 2 is 1.80 bits per heavy atom. The number of amides is 2. The van der Waals surface area contributed by atoms with Crippen molar-refractivity contribution in [3.8, 4) is 11.5 Å². The summed E-state index contributed by atoms with van der Waals surface area (Å²) >= 11 is 0. The lowest BCUT2D eigenvalue weighted by atomic mass is 10.0. The number of benzene rings is 1. The van der Waals surface area contributed by atoms with E-state index in [2.05, 4.69) is 24.5 Å². The number of rotatable bonds is 10. The zero-order valence-corrected chi connectivity index (χ0v) is 15.1. The number of fused-ring (bicyclic) bond motifs is 1. The summed E-state index contributed by atoms with van der Waals surface area (Å²) in [4.78, 5) is 23.8. The summed E-state index contributed by atoms with van der Waals surface area (Å²) in [6.45, 7) is 5.26. The number of hydrogen-bond donors (Lipinski definition) is 2. The molecule has 1 heterocycles. The predicted octanol–water partition coefficient (Wildman–Crippen LogP) is 2.87. The summed E-state index contributed by atoms with van der Waals surface area (Å²) in [5.41, 5.74) is 0.446. The van der Waals surface area contributed by atoms with Gasteiger partial charge < -0.3 is 20.1 Å². The van der Waals surface area contributed by atoms with Crippen molar-refractivity contribution in [3.05, 3.63) is 23.8 Å². The molecule has 2 rings (SSSR count). The molecular weight excluding hydrogens is 320 g/mol. The zero-order chi connectivity index (χ0) is 18.1. The van der Waals surface area contributed by atoms with E-state index >= 15 is 0 Å². The third kappa shape index (κ3) is 6.64. The largest absolute Gasteiger partial charge is 0.454 e. The third-order valence-corrected chi connectivity index (χ3v) is 4.07. The van der Waals surface area contributed by atoms with Gasteiger partial charge in [-0.1, -0.05) is 39.5 Å². The molecule has 25 heavy (non-hydrogen) atoms. The summed E-state index contributed by atoms with van der Waals surface area (Å²) in [7, 11) is 0. The molecule has 6 heteroatoms. The molecule has 2 amide bonds. The molecule has 138 valence electrons. The highest BCUT2D eigenvalue weighted by atomic mass is 16.7. The lowest BCUT2D eigenvalue weighted by Gasteiger charge is -2.08. The first kappa shape index (κ1) is 19.1. The van der Waals surface area contributed by atoms with Crippen LogP contribution in [0.1, 0.15) is 56.3 Å². The van der Waals surface area contributed by atoms with Crippen LogP contribution in [0.5, 0.6) is 11.5 Å². The summed E-state index contributed by atoms with van der Waals surface area (Å²) < 4.78 is 10.4. The number of hydrogen-bond acceptors (Lipinski definition) is 4. The molecular formula is C19H28N2O4. The predicted molar refractivity (Wildman–Crippen MR) is 95.8 cm³/mol. The van der Waals surface area contributed by atoms with Crippen molar-refractivity contribution in [3.63, 3.8) is 0 Å². The van der Waals surface area contributed by atoms with Gasteiger partial charge in [0, 0.05) is 12.1 Å². The molecule has 2 N–H and O–H groups in total. The third-order valence-electron chi connectivity index (χ3n) is 4.07. The van der Waals surface area contributed by atoms with E-state index in [9.17, 15) is 9.59 Å². The number of nitrogens with one attached hydrogen (secondary N) is 2. The van der Waals surface area contributed by atoms with E-state index in [0.717, 1.165) is 18.8 Å². The van der Waals surface area contributed by atoms with Gasteiger partial charge >= 0.3 is 0 Å². The van der Waals surface area contributed by atoms with Crippen molar-refractivity contribution < 1.29 is 19.1 Å². The molecule has 6 nitrogen and oxygen atoms in total. The van der Waals surface area contributed by atoms with Gasteiger partial charge in [0.1, 0.15) is 0 Å². The highest BCUT2D eigenvalue weighted by Crippen LogP contribution is 2.32. The van der Waals surface area contributed by atoms with Gasteiger partial charge in [0.15, 0.2) is 11.5 Å². The van der Waals surface area contributed by atoms with E-state index in [4.69, 9.17) is 9.47 Å². The monoisotopic (exact) mass is 348 g/mol. The summed E-state index contributed by atoms with van der Waals surface area (Å²) in [5, 5.41) is 5.45. The minimum atomic E-state index is -0.304. The smallest absolute Gasteiger partial charge is 0.251 e. The number of unbranched alkanes of at least 4 members (excludes halogenated alkanes) is 3. The maximum Gasteiger partial charge on any atom is 0.251 e. The number of ether oxygens (including phenoxy) is 2. The van der Waals surface area contributed by atoms with E-state index < -0.39 is 0 Å². The van der Waals surface area contributed by atoms with Gasteiger partial charge in [0.2, 0.25) is 12.7 Å². The van der Waals surface area contributed by atoms with E-state index in [1.54, 1.807) is 18.2 Å². The first-order chi connectivity index (χ1) is 12.1. The van der Waals surface area contributed by atoms with Crippen molar-refractivity contribution in [1.82, 2.24) is 10.6 Å². The molecule has 0 bridgehead atoms. The van der Waals surface area contributed by atoms with Crippen LogP contribution in [0.25, 0.3) is 0 Å². The molecule has 0 aliphatic carbocycles. The maximum absolute atomic E-state index is 12.1. The van der Waals surface area contributed by atoms with Crippen LogP contribution in [0.4, 0.5) is 0 Å². The normalized spacial score (nSPS) is 12.3. The molecule has 0 saturated carbocycles. The lowest BCUT2D eigenvalue weighted by molar-refractivity contribution is -0.120. The Balaban J connectivity index is 1.58. The van der Waals surface area contributed by atoms with E-state index in [1.807, 2.05) is 0 Å². The fraction of sp³-hybridized carbons (Fsp3) is 0.579. The average Bonchev–Trinajstić information content (AvgIpc) is 3.06. The first-order valence-corrected chi connectivity index (χ1v) is 9.01. The van der Waals surface area contributed by atoms with Gasteiger partial charge in [-0.25, -0.2) is 0 Å². The first-order valence-electron chi connectivity index (χ1n) is 9.01. The van der Waals surface area contributed by atoms with Gasteiger partial charge in [-0.05, 0) is 30.5 Å². The van der Waals surface area contributed by atoms with E-state index in [1.165, 1.54) is 19.3 Å². The van der Waals surface area contributed by atoms with Gasteiger partial charge in [-0.15, -0.1) is 0 Å². The summed E-state index contributed by atoms with van der Waals surface area (Å²) in [6, 6.07) is 4.96. The van der Waals surface area contributed by atoms with Crippen molar-refractivity contribution in [2.75, 3.05) is 19.9 Å². The summed E-state index contributed by atoms with van der Waals surface area (Å²) in [5.74, 6) is 1.46. The molecule has 0 unspecified atom stereocenters. The van der Waals surface area contributed by atoms with Crippen molar-refractivity contribution >= 4 is 11.8 Å². The molecule has 1 aromatic rings. The second-order valence-corrected chi connectivity index (χ2v) is 6.70. The topological polar surface area (TPSA) is 76.7 Å². The minimum absolute atomic E-state index is 0.0272. The second-order valence-electron chi connectivity index (χ2n) is 6.70. The second kappa shape index (κ2) is 9.91. The van der Waals surface area contributed by atoms with Crippen LogP contribution >= 0.6 is 0 Å². The molecule has 0 saturated heterocycles. The zero-order valence-electron chi connectivity index (χ0n) is 15.1. The van der Waals surface area contributed by atoms with Gasteiger partial charge in [-0.2, -0.15) is 0 Å². The van der Waals surface area contributed by atoms with E-state index in [0.29, 0.717) is 23.6 Å². The molecule has 0 spiro atoms. The highest BCUT2D eigenvalue weighted by Gasteiger charge is 2.16. The Bertz CT molecular complexity index is 587. The average molecular weight is 348 g/mol. The highest BCUT2D eigenvalue weighted by molar-refractivity contribution is 5.97.